The minimum absolute atomic E-state index is 0.0806. The van der Waals surface area contributed by atoms with Crippen LogP contribution in [0.2, 0.25) is 0 Å². The number of aromatic hydroxyl groups is 2. The van der Waals surface area contributed by atoms with Crippen molar-refractivity contribution >= 4 is 11.9 Å². The topological polar surface area (TPSA) is 104 Å². The van der Waals surface area contributed by atoms with E-state index in [9.17, 15) is 14.7 Å². The zero-order valence-corrected chi connectivity index (χ0v) is 9.08. The molecule has 0 spiro atoms. The van der Waals surface area contributed by atoms with E-state index in [2.05, 4.69) is 4.74 Å². The van der Waals surface area contributed by atoms with Crippen LogP contribution in [0.25, 0.3) is 0 Å². The number of carboxylic acids is 1. The van der Waals surface area contributed by atoms with Crippen LogP contribution < -0.4 is 0 Å². The van der Waals surface area contributed by atoms with Crippen molar-refractivity contribution < 1.29 is 29.6 Å². The van der Waals surface area contributed by atoms with Crippen molar-refractivity contribution in [2.75, 3.05) is 0 Å². The van der Waals surface area contributed by atoms with E-state index in [0.29, 0.717) is 5.56 Å². The fourth-order valence-corrected chi connectivity index (χ4v) is 1.29. The number of hydrogen-bond acceptors (Lipinski definition) is 5. The van der Waals surface area contributed by atoms with Crippen molar-refractivity contribution in [3.63, 3.8) is 0 Å². The zero-order valence-electron chi connectivity index (χ0n) is 9.08. The van der Waals surface area contributed by atoms with Crippen molar-refractivity contribution in [3.8, 4) is 11.5 Å². The van der Waals surface area contributed by atoms with Crippen molar-refractivity contribution in [2.45, 2.75) is 19.4 Å². The maximum absolute atomic E-state index is 10.8. The van der Waals surface area contributed by atoms with Gasteiger partial charge in [-0.3, -0.25) is 4.79 Å². The third kappa shape index (κ3) is 3.67. The SMILES string of the molecule is CC(=O)O[C@@H](Cc1ccc(O)c(O)c1)C(=O)O. The Morgan fingerprint density at radius 2 is 1.94 bits per heavy atom. The highest BCUT2D eigenvalue weighted by Gasteiger charge is 2.21. The molecule has 0 heterocycles. The summed E-state index contributed by atoms with van der Waals surface area (Å²) in [5, 5.41) is 27.1. The predicted octanol–water partition coefficient (Wildman–Crippen LogP) is 0.657. The molecule has 0 unspecified atom stereocenters. The van der Waals surface area contributed by atoms with Crippen LogP contribution in [0.3, 0.4) is 0 Å². The number of carbonyl (C=O) groups excluding carboxylic acids is 1. The fraction of sp³-hybridized carbons (Fsp3) is 0.273. The zero-order chi connectivity index (χ0) is 13.0. The molecule has 3 N–H and O–H groups in total. The highest BCUT2D eigenvalue weighted by Crippen LogP contribution is 2.25. The number of phenols is 2. The van der Waals surface area contributed by atoms with E-state index in [1.165, 1.54) is 18.2 Å². The number of rotatable bonds is 4. The summed E-state index contributed by atoms with van der Waals surface area (Å²) in [7, 11) is 0. The van der Waals surface area contributed by atoms with E-state index in [1.807, 2.05) is 0 Å². The van der Waals surface area contributed by atoms with Crippen LogP contribution in [-0.2, 0) is 20.7 Å². The molecule has 0 amide bonds. The second-order valence-electron chi connectivity index (χ2n) is 3.46. The van der Waals surface area contributed by atoms with Gasteiger partial charge in [-0.1, -0.05) is 6.07 Å². The smallest absolute Gasteiger partial charge is 0.345 e. The van der Waals surface area contributed by atoms with Crippen molar-refractivity contribution in [1.82, 2.24) is 0 Å². The molecule has 0 bridgehead atoms. The fourth-order valence-electron chi connectivity index (χ4n) is 1.29. The van der Waals surface area contributed by atoms with E-state index in [-0.39, 0.29) is 17.9 Å². The standard InChI is InChI=1S/C11H12O6/c1-6(12)17-10(11(15)16)5-7-2-3-8(13)9(14)4-7/h2-4,10,13-14H,5H2,1H3,(H,15,16)/t10-/m0/s1. The molecule has 0 radical (unpaired) electrons. The van der Waals surface area contributed by atoms with Crippen LogP contribution in [-0.4, -0.2) is 33.4 Å². The Morgan fingerprint density at radius 3 is 2.41 bits per heavy atom. The Kier molecular flexibility index (Phi) is 3.92. The number of phenolic OH excluding ortho intramolecular Hbond substituents is 2. The largest absolute Gasteiger partial charge is 0.504 e. The average Bonchev–Trinajstić information content (AvgIpc) is 2.21. The summed E-state index contributed by atoms with van der Waals surface area (Å²) in [4.78, 5) is 21.5. The van der Waals surface area contributed by atoms with Crippen molar-refractivity contribution in [1.29, 1.82) is 0 Å². The van der Waals surface area contributed by atoms with Gasteiger partial charge in [0.15, 0.2) is 11.5 Å². The summed E-state index contributed by atoms with van der Waals surface area (Å²) >= 11 is 0. The van der Waals surface area contributed by atoms with Crippen molar-refractivity contribution in [2.24, 2.45) is 0 Å². The molecule has 0 fully saturated rings. The summed E-state index contributed by atoms with van der Waals surface area (Å²) in [6, 6.07) is 3.89. The van der Waals surface area contributed by atoms with Crippen LogP contribution in [0.1, 0.15) is 12.5 Å². The maximum Gasteiger partial charge on any atom is 0.345 e. The molecule has 0 aliphatic carbocycles. The van der Waals surface area contributed by atoms with Gasteiger partial charge in [0, 0.05) is 13.3 Å². The Hall–Kier alpha value is -2.24. The van der Waals surface area contributed by atoms with Gasteiger partial charge in [0.1, 0.15) is 0 Å². The Balaban J connectivity index is 2.82. The van der Waals surface area contributed by atoms with E-state index in [4.69, 9.17) is 10.2 Å². The first-order valence-electron chi connectivity index (χ1n) is 4.81. The van der Waals surface area contributed by atoms with Crippen molar-refractivity contribution in [3.05, 3.63) is 23.8 Å². The Morgan fingerprint density at radius 1 is 1.29 bits per heavy atom. The van der Waals surface area contributed by atoms with Gasteiger partial charge in [-0.05, 0) is 17.7 Å². The van der Waals surface area contributed by atoms with Gasteiger partial charge in [0.25, 0.3) is 0 Å². The molecule has 17 heavy (non-hydrogen) atoms. The maximum atomic E-state index is 10.8. The van der Waals surface area contributed by atoms with Gasteiger partial charge in [-0.2, -0.15) is 0 Å². The van der Waals surface area contributed by atoms with Gasteiger partial charge in [-0.25, -0.2) is 4.79 Å². The van der Waals surface area contributed by atoms with Gasteiger partial charge in [-0.15, -0.1) is 0 Å². The molecular weight excluding hydrogens is 228 g/mol. The van der Waals surface area contributed by atoms with Gasteiger partial charge in [0.2, 0.25) is 6.10 Å². The lowest BCUT2D eigenvalue weighted by Crippen LogP contribution is -2.28. The third-order valence-electron chi connectivity index (χ3n) is 2.04. The summed E-state index contributed by atoms with van der Waals surface area (Å²) in [5.41, 5.74) is 0.439. The molecule has 0 aromatic heterocycles. The minimum Gasteiger partial charge on any atom is -0.504 e. The van der Waals surface area contributed by atoms with Gasteiger partial charge < -0.3 is 20.1 Å². The molecule has 1 aromatic rings. The average molecular weight is 240 g/mol. The van der Waals surface area contributed by atoms with Crippen LogP contribution in [0.4, 0.5) is 0 Å². The van der Waals surface area contributed by atoms with Gasteiger partial charge in [0.05, 0.1) is 0 Å². The molecule has 6 heteroatoms. The van der Waals surface area contributed by atoms with E-state index in [1.54, 1.807) is 0 Å². The summed E-state index contributed by atoms with van der Waals surface area (Å²) in [5.74, 6) is -2.62. The highest BCUT2D eigenvalue weighted by molar-refractivity contribution is 5.77. The second-order valence-corrected chi connectivity index (χ2v) is 3.46. The lowest BCUT2D eigenvalue weighted by atomic mass is 10.1. The molecule has 0 aliphatic heterocycles. The first kappa shape index (κ1) is 12.8. The summed E-state index contributed by atoms with van der Waals surface area (Å²) in [6.45, 7) is 1.12. The lowest BCUT2D eigenvalue weighted by Gasteiger charge is -2.12. The molecule has 92 valence electrons. The Labute approximate surface area is 97.1 Å². The Bertz CT molecular complexity index is 440. The normalized spacial score (nSPS) is 11.8. The number of aliphatic carboxylic acids is 1. The van der Waals surface area contributed by atoms with Crippen LogP contribution in [0.5, 0.6) is 11.5 Å². The minimum atomic E-state index is -1.31. The van der Waals surface area contributed by atoms with E-state index < -0.39 is 18.0 Å². The molecule has 1 aromatic carbocycles. The first-order valence-corrected chi connectivity index (χ1v) is 4.81. The van der Waals surface area contributed by atoms with Gasteiger partial charge >= 0.3 is 11.9 Å². The number of carboxylic acid groups (broad SMARTS) is 1. The number of carbonyl (C=O) groups is 2. The number of ether oxygens (including phenoxy) is 1. The summed E-state index contributed by atoms with van der Waals surface area (Å²) in [6.07, 6.45) is -1.39. The molecule has 6 nitrogen and oxygen atoms in total. The predicted molar refractivity (Wildman–Crippen MR) is 56.7 cm³/mol. The quantitative estimate of drug-likeness (QED) is 0.527. The van der Waals surface area contributed by atoms with E-state index in [0.717, 1.165) is 6.92 Å². The monoisotopic (exact) mass is 240 g/mol. The highest BCUT2D eigenvalue weighted by atomic mass is 16.6. The molecule has 0 aliphatic rings. The molecule has 1 rings (SSSR count). The number of esters is 1. The second kappa shape index (κ2) is 5.20. The molecular formula is C11H12O6. The third-order valence-corrected chi connectivity index (χ3v) is 2.04. The first-order chi connectivity index (χ1) is 7.90. The number of benzene rings is 1. The molecule has 0 saturated heterocycles. The molecule has 0 saturated carbocycles. The van der Waals surface area contributed by atoms with Crippen LogP contribution >= 0.6 is 0 Å². The summed E-state index contributed by atoms with van der Waals surface area (Å²) < 4.78 is 4.60. The molecule has 1 atom stereocenters. The number of hydrogen-bond donors (Lipinski definition) is 3. The lowest BCUT2D eigenvalue weighted by molar-refractivity contribution is -0.162. The van der Waals surface area contributed by atoms with E-state index >= 15 is 0 Å². The van der Waals surface area contributed by atoms with Crippen LogP contribution in [0, 0.1) is 0 Å². The van der Waals surface area contributed by atoms with Crippen LogP contribution in [0.15, 0.2) is 18.2 Å².